The molecule has 0 saturated heterocycles. The summed E-state index contributed by atoms with van der Waals surface area (Å²) in [5.41, 5.74) is 0.841. The van der Waals surface area contributed by atoms with Crippen LogP contribution in [0.3, 0.4) is 0 Å². The van der Waals surface area contributed by atoms with Crippen LogP contribution in [0, 0.1) is 0 Å². The fraction of sp³-hybridized carbons (Fsp3) is 0.571. The molecule has 3 nitrogen and oxygen atoms in total. The molecule has 0 N–H and O–H groups in total. The molecule has 108 valence electrons. The van der Waals surface area contributed by atoms with E-state index in [1.807, 2.05) is 44.2 Å². The zero-order valence-corrected chi connectivity index (χ0v) is 14.0. The molecule has 0 fully saturated rings. The molecule has 1 aromatic carbocycles. The van der Waals surface area contributed by atoms with E-state index < -0.39 is 10.0 Å². The third-order valence-corrected chi connectivity index (χ3v) is 5.45. The maximum atomic E-state index is 12.6. The zero-order valence-electron chi connectivity index (χ0n) is 11.5. The van der Waals surface area contributed by atoms with E-state index in [1.54, 1.807) is 4.31 Å². The van der Waals surface area contributed by atoms with Gasteiger partial charge >= 0.3 is 0 Å². The van der Waals surface area contributed by atoms with Crippen LogP contribution >= 0.6 is 15.9 Å². The summed E-state index contributed by atoms with van der Waals surface area (Å²) in [4.78, 5) is 0. The Bertz CT molecular complexity index is 458. The third-order valence-electron chi connectivity index (χ3n) is 3.20. The number of sulfonamides is 1. The van der Waals surface area contributed by atoms with Crippen LogP contribution in [0.15, 0.2) is 30.3 Å². The van der Waals surface area contributed by atoms with Crippen LogP contribution in [0.2, 0.25) is 0 Å². The molecular formula is C14H22BrNO2S. The molecule has 0 aliphatic carbocycles. The van der Waals surface area contributed by atoms with Gasteiger partial charge in [-0.1, -0.05) is 60.1 Å². The van der Waals surface area contributed by atoms with Gasteiger partial charge in [-0.2, -0.15) is 4.31 Å². The summed E-state index contributed by atoms with van der Waals surface area (Å²) in [6.45, 7) is 4.60. The lowest BCUT2D eigenvalue weighted by Gasteiger charge is -2.29. The summed E-state index contributed by atoms with van der Waals surface area (Å²) in [5.74, 6) is 0.0807. The van der Waals surface area contributed by atoms with Crippen molar-refractivity contribution in [1.29, 1.82) is 0 Å². The van der Waals surface area contributed by atoms with Gasteiger partial charge in [0, 0.05) is 17.9 Å². The second kappa shape index (κ2) is 8.02. The van der Waals surface area contributed by atoms with Gasteiger partial charge in [-0.15, -0.1) is 0 Å². The number of alkyl halides is 1. The van der Waals surface area contributed by atoms with Gasteiger partial charge in [0.05, 0.1) is 5.75 Å². The molecular weight excluding hydrogens is 326 g/mol. The molecule has 0 saturated carbocycles. The predicted molar refractivity (Wildman–Crippen MR) is 83.9 cm³/mol. The van der Waals surface area contributed by atoms with Crippen molar-refractivity contribution < 1.29 is 8.42 Å². The Morgan fingerprint density at radius 2 is 1.74 bits per heavy atom. The van der Waals surface area contributed by atoms with Crippen LogP contribution in [-0.4, -0.2) is 30.6 Å². The minimum atomic E-state index is -3.26. The Balaban J connectivity index is 2.93. The summed E-state index contributed by atoms with van der Waals surface area (Å²) >= 11 is 3.35. The van der Waals surface area contributed by atoms with Crippen molar-refractivity contribution in [3.63, 3.8) is 0 Å². The van der Waals surface area contributed by atoms with Gasteiger partial charge in [-0.25, -0.2) is 8.42 Å². The first-order valence-corrected chi connectivity index (χ1v) is 9.37. The molecule has 5 heteroatoms. The number of hydrogen-bond acceptors (Lipinski definition) is 2. The van der Waals surface area contributed by atoms with Crippen LogP contribution in [0.5, 0.6) is 0 Å². The van der Waals surface area contributed by atoms with E-state index in [2.05, 4.69) is 15.9 Å². The summed E-state index contributed by atoms with van der Waals surface area (Å²) in [7, 11) is -3.26. The van der Waals surface area contributed by atoms with Crippen LogP contribution in [0.4, 0.5) is 0 Å². The van der Waals surface area contributed by atoms with Crippen molar-refractivity contribution in [2.24, 2.45) is 0 Å². The first kappa shape index (κ1) is 16.7. The molecule has 0 heterocycles. The molecule has 0 unspecified atom stereocenters. The van der Waals surface area contributed by atoms with Crippen molar-refractivity contribution in [3.8, 4) is 0 Å². The highest BCUT2D eigenvalue weighted by molar-refractivity contribution is 9.09. The number of rotatable bonds is 8. The lowest BCUT2D eigenvalue weighted by atomic mass is 10.2. The highest BCUT2D eigenvalue weighted by Gasteiger charge is 2.27. The molecule has 0 aliphatic rings. The van der Waals surface area contributed by atoms with Gasteiger partial charge in [0.15, 0.2) is 0 Å². The number of halogens is 1. The minimum absolute atomic E-state index is 0.0807. The van der Waals surface area contributed by atoms with Crippen molar-refractivity contribution >= 4 is 26.0 Å². The Hall–Kier alpha value is -0.390. The van der Waals surface area contributed by atoms with E-state index in [-0.39, 0.29) is 11.8 Å². The predicted octanol–water partition coefficient (Wildman–Crippen LogP) is 3.40. The highest BCUT2D eigenvalue weighted by atomic mass is 79.9. The average Bonchev–Trinajstić information content (AvgIpc) is 2.39. The van der Waals surface area contributed by atoms with Gasteiger partial charge in [0.1, 0.15) is 0 Å². The first-order chi connectivity index (χ1) is 9.05. The summed E-state index contributed by atoms with van der Waals surface area (Å²) in [5, 5.41) is 0.664. The SMILES string of the molecule is CCC(CC)N(CCBr)S(=O)(=O)Cc1ccccc1. The third kappa shape index (κ3) is 4.89. The van der Waals surface area contributed by atoms with Crippen molar-refractivity contribution in [2.45, 2.75) is 38.5 Å². The average molecular weight is 348 g/mol. The van der Waals surface area contributed by atoms with Gasteiger partial charge in [0.2, 0.25) is 10.0 Å². The van der Waals surface area contributed by atoms with Crippen LogP contribution in [0.1, 0.15) is 32.3 Å². The summed E-state index contributed by atoms with van der Waals surface area (Å²) < 4.78 is 26.8. The van der Waals surface area contributed by atoms with Crippen molar-refractivity contribution in [3.05, 3.63) is 35.9 Å². The lowest BCUT2D eigenvalue weighted by Crippen LogP contribution is -2.41. The van der Waals surface area contributed by atoms with E-state index in [0.717, 1.165) is 18.4 Å². The molecule has 0 spiro atoms. The second-order valence-corrected chi connectivity index (χ2v) is 7.23. The Morgan fingerprint density at radius 3 is 2.21 bits per heavy atom. The Labute approximate surface area is 125 Å². The Morgan fingerprint density at radius 1 is 1.16 bits per heavy atom. The lowest BCUT2D eigenvalue weighted by molar-refractivity contribution is 0.317. The largest absolute Gasteiger partial charge is 0.218 e. The standard InChI is InChI=1S/C14H22BrNO2S/c1-3-14(4-2)16(11-10-15)19(17,18)12-13-8-6-5-7-9-13/h5-9,14H,3-4,10-12H2,1-2H3. The van der Waals surface area contributed by atoms with E-state index >= 15 is 0 Å². The molecule has 0 aromatic heterocycles. The van der Waals surface area contributed by atoms with Gasteiger partial charge in [0.25, 0.3) is 0 Å². The topological polar surface area (TPSA) is 37.4 Å². The second-order valence-electron chi connectivity index (χ2n) is 4.51. The first-order valence-electron chi connectivity index (χ1n) is 6.64. The molecule has 1 rings (SSSR count). The molecule has 19 heavy (non-hydrogen) atoms. The van der Waals surface area contributed by atoms with E-state index in [0.29, 0.717) is 11.9 Å². The normalized spacial score (nSPS) is 12.3. The van der Waals surface area contributed by atoms with Gasteiger partial charge in [-0.05, 0) is 18.4 Å². The van der Waals surface area contributed by atoms with E-state index in [1.165, 1.54) is 0 Å². The number of benzene rings is 1. The highest BCUT2D eigenvalue weighted by Crippen LogP contribution is 2.18. The van der Waals surface area contributed by atoms with E-state index in [4.69, 9.17) is 0 Å². The smallest absolute Gasteiger partial charge is 0.212 e. The number of nitrogens with zero attached hydrogens (tertiary/aromatic N) is 1. The minimum Gasteiger partial charge on any atom is -0.212 e. The molecule has 0 aliphatic heterocycles. The van der Waals surface area contributed by atoms with Crippen LogP contribution in [0.25, 0.3) is 0 Å². The fourth-order valence-corrected chi connectivity index (χ4v) is 4.71. The number of hydrogen-bond donors (Lipinski definition) is 0. The van der Waals surface area contributed by atoms with Crippen LogP contribution in [-0.2, 0) is 15.8 Å². The van der Waals surface area contributed by atoms with Crippen LogP contribution < -0.4 is 0 Å². The quantitative estimate of drug-likeness (QED) is 0.675. The molecule has 0 bridgehead atoms. The maximum absolute atomic E-state index is 12.6. The summed E-state index contributed by atoms with van der Waals surface area (Å²) in [6.07, 6.45) is 1.69. The Kier molecular flexibility index (Phi) is 7.04. The monoisotopic (exact) mass is 347 g/mol. The molecule has 0 radical (unpaired) electrons. The van der Waals surface area contributed by atoms with Gasteiger partial charge in [-0.3, -0.25) is 0 Å². The fourth-order valence-electron chi connectivity index (χ4n) is 2.20. The van der Waals surface area contributed by atoms with Crippen molar-refractivity contribution in [1.82, 2.24) is 4.31 Å². The maximum Gasteiger partial charge on any atom is 0.218 e. The summed E-state index contributed by atoms with van der Waals surface area (Å²) in [6, 6.07) is 9.44. The molecule has 0 amide bonds. The van der Waals surface area contributed by atoms with Crippen molar-refractivity contribution in [2.75, 3.05) is 11.9 Å². The zero-order chi connectivity index (χ0) is 14.3. The van der Waals surface area contributed by atoms with Gasteiger partial charge < -0.3 is 0 Å². The molecule has 0 atom stereocenters. The van der Waals surface area contributed by atoms with E-state index in [9.17, 15) is 8.42 Å². The molecule has 1 aromatic rings.